The fraction of sp³-hybridized carbons (Fsp3) is 0.214. The van der Waals surface area contributed by atoms with Crippen LogP contribution in [0.3, 0.4) is 0 Å². The first kappa shape index (κ1) is 11.8. The van der Waals surface area contributed by atoms with E-state index in [0.29, 0.717) is 11.1 Å². The Labute approximate surface area is 109 Å². The summed E-state index contributed by atoms with van der Waals surface area (Å²) in [6.07, 6.45) is 0. The van der Waals surface area contributed by atoms with Crippen molar-refractivity contribution in [2.75, 3.05) is 0 Å². The minimum atomic E-state index is -0.453. The van der Waals surface area contributed by atoms with E-state index < -0.39 is 5.76 Å². The van der Waals surface area contributed by atoms with Crippen LogP contribution in [0.1, 0.15) is 11.3 Å². The van der Waals surface area contributed by atoms with Crippen molar-refractivity contribution in [3.63, 3.8) is 0 Å². The lowest BCUT2D eigenvalue weighted by Crippen LogP contribution is -1.95. The van der Waals surface area contributed by atoms with E-state index in [1.807, 2.05) is 36.7 Å². The van der Waals surface area contributed by atoms with Crippen LogP contribution in [0.2, 0.25) is 0 Å². The zero-order valence-corrected chi connectivity index (χ0v) is 10.7. The van der Waals surface area contributed by atoms with Crippen molar-refractivity contribution in [2.24, 2.45) is 7.05 Å². The molecule has 0 aliphatic heterocycles. The molecule has 0 saturated carbocycles. The van der Waals surface area contributed by atoms with Gasteiger partial charge < -0.3 is 14.1 Å². The van der Waals surface area contributed by atoms with Crippen LogP contribution < -0.4 is 5.76 Å². The number of nitrogens with zero attached hydrogens (tertiary/aromatic N) is 1. The van der Waals surface area contributed by atoms with Crippen LogP contribution in [0, 0.1) is 6.92 Å². The number of rotatable bonds is 2. The number of aromatic nitrogens is 2. The molecule has 98 valence electrons. The molecule has 3 rings (SSSR count). The topological polar surface area (TPSA) is 71.2 Å². The molecule has 5 nitrogen and oxygen atoms in total. The van der Waals surface area contributed by atoms with Crippen LogP contribution >= 0.6 is 0 Å². The average Bonchev–Trinajstić information content (AvgIpc) is 2.90. The van der Waals surface area contributed by atoms with Gasteiger partial charge in [-0.25, -0.2) is 4.79 Å². The molecule has 2 N–H and O–H groups in total. The molecule has 0 atom stereocenters. The van der Waals surface area contributed by atoms with Crippen molar-refractivity contribution < 1.29 is 9.52 Å². The summed E-state index contributed by atoms with van der Waals surface area (Å²) in [6.45, 7) is 1.98. The number of benzene rings is 1. The maximum atomic E-state index is 11.1. The molecule has 5 heteroatoms. The third-order valence-corrected chi connectivity index (χ3v) is 3.53. The highest BCUT2D eigenvalue weighted by Gasteiger charge is 2.11. The molecule has 0 saturated heterocycles. The standard InChI is InChI=1S/C14H14N2O3/c1-8-10(7-17)6-12(16(8)2)9-3-4-13-11(5-9)15-14(18)19-13/h3-6,17H,7H2,1-2H3,(H,15,18). The van der Waals surface area contributed by atoms with Crippen molar-refractivity contribution in [2.45, 2.75) is 13.5 Å². The van der Waals surface area contributed by atoms with Crippen LogP contribution in [0.25, 0.3) is 22.4 Å². The molecule has 19 heavy (non-hydrogen) atoms. The van der Waals surface area contributed by atoms with Gasteiger partial charge in [0.2, 0.25) is 0 Å². The Balaban J connectivity index is 2.21. The normalized spacial score (nSPS) is 11.3. The van der Waals surface area contributed by atoms with Gasteiger partial charge in [0, 0.05) is 24.0 Å². The largest absolute Gasteiger partial charge is 0.417 e. The summed E-state index contributed by atoms with van der Waals surface area (Å²) in [5.41, 5.74) is 5.10. The minimum absolute atomic E-state index is 0.0183. The molecule has 1 aromatic carbocycles. The summed E-state index contributed by atoms with van der Waals surface area (Å²) in [7, 11) is 1.95. The molecule has 0 radical (unpaired) electrons. The first-order chi connectivity index (χ1) is 9.10. The zero-order chi connectivity index (χ0) is 13.6. The van der Waals surface area contributed by atoms with E-state index in [9.17, 15) is 9.90 Å². The van der Waals surface area contributed by atoms with Gasteiger partial charge in [-0.15, -0.1) is 0 Å². The van der Waals surface area contributed by atoms with E-state index in [4.69, 9.17) is 4.42 Å². The SMILES string of the molecule is Cc1c(CO)cc(-c2ccc3oc(=O)[nH]c3c2)n1C. The fourth-order valence-electron chi connectivity index (χ4n) is 2.31. The molecule has 0 aliphatic carbocycles. The highest BCUT2D eigenvalue weighted by Crippen LogP contribution is 2.27. The number of H-pyrrole nitrogens is 1. The summed E-state index contributed by atoms with van der Waals surface area (Å²) in [5.74, 6) is -0.453. The fourth-order valence-corrected chi connectivity index (χ4v) is 2.31. The summed E-state index contributed by atoms with van der Waals surface area (Å²) < 4.78 is 7.00. The number of oxazole rings is 1. The molecule has 0 amide bonds. The predicted octanol–water partition coefficient (Wildman–Crippen LogP) is 1.93. The first-order valence-electron chi connectivity index (χ1n) is 5.99. The average molecular weight is 258 g/mol. The molecule has 2 heterocycles. The maximum Gasteiger partial charge on any atom is 0.417 e. The van der Waals surface area contributed by atoms with Crippen molar-refractivity contribution in [1.29, 1.82) is 0 Å². The van der Waals surface area contributed by atoms with Gasteiger partial charge in [0.05, 0.1) is 12.1 Å². The molecular formula is C14H14N2O3. The molecule has 0 bridgehead atoms. The Morgan fingerprint density at radius 1 is 1.37 bits per heavy atom. The number of aliphatic hydroxyl groups excluding tert-OH is 1. The maximum absolute atomic E-state index is 11.1. The quantitative estimate of drug-likeness (QED) is 0.737. The van der Waals surface area contributed by atoms with Gasteiger partial charge in [0.15, 0.2) is 5.58 Å². The van der Waals surface area contributed by atoms with Crippen LogP contribution in [0.4, 0.5) is 0 Å². The number of nitrogens with one attached hydrogen (secondary N) is 1. The van der Waals surface area contributed by atoms with E-state index in [0.717, 1.165) is 22.5 Å². The van der Waals surface area contributed by atoms with Gasteiger partial charge in [-0.2, -0.15) is 0 Å². The number of hydrogen-bond acceptors (Lipinski definition) is 3. The summed E-state index contributed by atoms with van der Waals surface area (Å²) >= 11 is 0. The summed E-state index contributed by atoms with van der Waals surface area (Å²) in [5, 5.41) is 9.30. The zero-order valence-electron chi connectivity index (χ0n) is 10.7. The van der Waals surface area contributed by atoms with Gasteiger partial charge in [-0.3, -0.25) is 4.98 Å². The number of aliphatic hydroxyl groups is 1. The third kappa shape index (κ3) is 1.79. The third-order valence-electron chi connectivity index (χ3n) is 3.53. The van der Waals surface area contributed by atoms with Crippen LogP contribution in [0.5, 0.6) is 0 Å². The van der Waals surface area contributed by atoms with E-state index >= 15 is 0 Å². The smallest absolute Gasteiger partial charge is 0.408 e. The van der Waals surface area contributed by atoms with E-state index in [1.165, 1.54) is 0 Å². The second kappa shape index (κ2) is 4.13. The van der Waals surface area contributed by atoms with Crippen LogP contribution in [-0.4, -0.2) is 14.7 Å². The highest BCUT2D eigenvalue weighted by atomic mass is 16.4. The second-order valence-electron chi connectivity index (χ2n) is 4.58. The van der Waals surface area contributed by atoms with Gasteiger partial charge in [0.25, 0.3) is 0 Å². The van der Waals surface area contributed by atoms with E-state index in [2.05, 4.69) is 4.98 Å². The Hall–Kier alpha value is -2.27. The number of aromatic amines is 1. The van der Waals surface area contributed by atoms with Crippen molar-refractivity contribution in [3.8, 4) is 11.3 Å². The minimum Gasteiger partial charge on any atom is -0.408 e. The van der Waals surface area contributed by atoms with Gasteiger partial charge >= 0.3 is 5.76 Å². The Bertz CT molecular complexity index is 808. The van der Waals surface area contributed by atoms with Gasteiger partial charge in [-0.05, 0) is 36.8 Å². The summed E-state index contributed by atoms with van der Waals surface area (Å²) in [4.78, 5) is 13.8. The molecule has 2 aromatic heterocycles. The van der Waals surface area contributed by atoms with Crippen molar-refractivity contribution >= 4 is 11.1 Å². The second-order valence-corrected chi connectivity index (χ2v) is 4.58. The van der Waals surface area contributed by atoms with Crippen LogP contribution in [0.15, 0.2) is 33.5 Å². The number of hydrogen-bond donors (Lipinski definition) is 2. The highest BCUT2D eigenvalue weighted by molar-refractivity contribution is 5.79. The monoisotopic (exact) mass is 258 g/mol. The lowest BCUT2D eigenvalue weighted by molar-refractivity contribution is 0.281. The number of fused-ring (bicyclic) bond motifs is 1. The van der Waals surface area contributed by atoms with E-state index in [1.54, 1.807) is 6.07 Å². The molecule has 0 spiro atoms. The van der Waals surface area contributed by atoms with Gasteiger partial charge in [0.1, 0.15) is 0 Å². The van der Waals surface area contributed by atoms with Crippen molar-refractivity contribution in [3.05, 3.63) is 46.1 Å². The van der Waals surface area contributed by atoms with Crippen LogP contribution in [-0.2, 0) is 13.7 Å². The molecule has 0 fully saturated rings. The molecule has 0 aliphatic rings. The predicted molar refractivity (Wildman–Crippen MR) is 71.9 cm³/mol. The Kier molecular flexibility index (Phi) is 2.57. The van der Waals surface area contributed by atoms with Gasteiger partial charge in [-0.1, -0.05) is 0 Å². The van der Waals surface area contributed by atoms with E-state index in [-0.39, 0.29) is 6.61 Å². The molecule has 3 aromatic rings. The first-order valence-corrected chi connectivity index (χ1v) is 5.99. The van der Waals surface area contributed by atoms with Crippen molar-refractivity contribution in [1.82, 2.24) is 9.55 Å². The summed E-state index contributed by atoms with van der Waals surface area (Å²) in [6, 6.07) is 7.49. The molecule has 0 unspecified atom stereocenters. The lowest BCUT2D eigenvalue weighted by atomic mass is 10.1. The Morgan fingerprint density at radius 3 is 2.84 bits per heavy atom. The lowest BCUT2D eigenvalue weighted by Gasteiger charge is -2.05. The Morgan fingerprint density at radius 2 is 2.16 bits per heavy atom. The molecular weight excluding hydrogens is 244 g/mol.